The normalized spacial score (nSPS) is 10.9. The van der Waals surface area contributed by atoms with Gasteiger partial charge in [-0.2, -0.15) is 0 Å². The Kier molecular flexibility index (Phi) is 6.39. The number of hydrogen-bond donors (Lipinski definition) is 2. The van der Waals surface area contributed by atoms with Gasteiger partial charge in [0.1, 0.15) is 10.4 Å². The summed E-state index contributed by atoms with van der Waals surface area (Å²) in [5.74, 6) is -1.52. The molecule has 14 heteroatoms. The van der Waals surface area contributed by atoms with Crippen LogP contribution in [-0.4, -0.2) is 36.8 Å². The lowest BCUT2D eigenvalue weighted by atomic mass is 10.2. The number of sulfonamides is 1. The van der Waals surface area contributed by atoms with Gasteiger partial charge in [-0.05, 0) is 47.0 Å². The van der Waals surface area contributed by atoms with Crippen LogP contribution in [0.3, 0.4) is 0 Å². The van der Waals surface area contributed by atoms with Crippen LogP contribution >= 0.6 is 22.7 Å². The fourth-order valence-corrected chi connectivity index (χ4v) is 4.77. The van der Waals surface area contributed by atoms with Crippen LogP contribution in [0.5, 0.6) is 0 Å². The third kappa shape index (κ3) is 5.37. The maximum atomic E-state index is 12.2. The summed E-state index contributed by atoms with van der Waals surface area (Å²) < 4.78 is 31.8. The summed E-state index contributed by atoms with van der Waals surface area (Å²) in [6, 6.07) is 8.54. The Hall–Kier alpha value is -3.36. The molecule has 2 heterocycles. The summed E-state index contributed by atoms with van der Waals surface area (Å²) in [7, 11) is -3.71. The zero-order chi connectivity index (χ0) is 21.7. The molecule has 0 saturated heterocycles. The number of rotatable bonds is 8. The molecular formula is C16H12N4O7S3. The summed E-state index contributed by atoms with van der Waals surface area (Å²) in [6.07, 6.45) is 1.00. The second kappa shape index (κ2) is 8.98. The first-order valence-corrected chi connectivity index (χ1v) is 11.2. The van der Waals surface area contributed by atoms with Crippen molar-refractivity contribution in [2.45, 2.75) is 4.21 Å². The highest BCUT2D eigenvalue weighted by Crippen LogP contribution is 2.25. The molecule has 0 aliphatic heterocycles. The number of carbonyl (C=O) groups is 2. The maximum Gasteiger partial charge on any atom is 0.345 e. The van der Waals surface area contributed by atoms with Gasteiger partial charge >= 0.3 is 11.0 Å². The van der Waals surface area contributed by atoms with Crippen LogP contribution in [0, 0.1) is 10.1 Å². The summed E-state index contributed by atoms with van der Waals surface area (Å²) in [5.41, 5.74) is 0.356. The van der Waals surface area contributed by atoms with Gasteiger partial charge in [0.25, 0.3) is 15.9 Å². The van der Waals surface area contributed by atoms with Crippen molar-refractivity contribution in [3.8, 4) is 0 Å². The topological polar surface area (TPSA) is 158 Å². The van der Waals surface area contributed by atoms with E-state index >= 15 is 0 Å². The fraction of sp³-hybridized carbons (Fsp3) is 0.0625. The Morgan fingerprint density at radius 1 is 1.20 bits per heavy atom. The lowest BCUT2D eigenvalue weighted by molar-refractivity contribution is -0.380. The first-order chi connectivity index (χ1) is 14.2. The molecule has 0 spiro atoms. The molecular weight excluding hydrogens is 456 g/mol. The molecule has 0 radical (unpaired) electrons. The summed E-state index contributed by atoms with van der Waals surface area (Å²) in [5, 5.41) is 14.3. The van der Waals surface area contributed by atoms with Crippen molar-refractivity contribution in [1.82, 2.24) is 4.98 Å². The Labute approximate surface area is 177 Å². The van der Waals surface area contributed by atoms with E-state index in [0.717, 1.165) is 17.5 Å². The SMILES string of the molecule is O=C(COC(=O)c1ccc(NS(=O)(=O)c2cccs2)cc1)Nc1ncc([N+](=O)[O-])s1. The standard InChI is InChI=1S/C16H12N4O7S3/c21-12(18-16-17-8-13(29-16)20(23)24)9-27-15(22)10-3-5-11(6-4-10)19-30(25,26)14-2-1-7-28-14/h1-8,19H,9H2,(H,17,18,21). The van der Waals surface area contributed by atoms with E-state index in [-0.39, 0.29) is 25.6 Å². The Balaban J connectivity index is 1.53. The van der Waals surface area contributed by atoms with E-state index in [1.165, 1.54) is 30.3 Å². The van der Waals surface area contributed by atoms with E-state index in [0.29, 0.717) is 11.3 Å². The largest absolute Gasteiger partial charge is 0.452 e. The average Bonchev–Trinajstić information content (AvgIpc) is 3.39. The van der Waals surface area contributed by atoms with E-state index in [1.54, 1.807) is 11.4 Å². The molecule has 3 aromatic rings. The number of thiazole rings is 1. The summed E-state index contributed by atoms with van der Waals surface area (Å²) in [6.45, 7) is -0.626. The number of aromatic nitrogens is 1. The minimum Gasteiger partial charge on any atom is -0.452 e. The van der Waals surface area contributed by atoms with Crippen LogP contribution in [0.2, 0.25) is 0 Å². The lowest BCUT2D eigenvalue weighted by Gasteiger charge is -2.08. The minimum atomic E-state index is -3.71. The number of amides is 1. The van der Waals surface area contributed by atoms with Gasteiger partial charge in [0.2, 0.25) is 0 Å². The Morgan fingerprint density at radius 2 is 1.93 bits per heavy atom. The van der Waals surface area contributed by atoms with E-state index in [2.05, 4.69) is 15.0 Å². The van der Waals surface area contributed by atoms with Crippen LogP contribution in [-0.2, 0) is 19.6 Å². The Bertz CT molecular complexity index is 1170. The molecule has 3 rings (SSSR count). The molecule has 0 atom stereocenters. The number of benzene rings is 1. The van der Waals surface area contributed by atoms with E-state index in [4.69, 9.17) is 4.74 Å². The molecule has 0 aliphatic rings. The highest BCUT2D eigenvalue weighted by molar-refractivity contribution is 7.94. The number of nitrogens with zero attached hydrogens (tertiary/aromatic N) is 2. The monoisotopic (exact) mass is 468 g/mol. The molecule has 2 aromatic heterocycles. The van der Waals surface area contributed by atoms with E-state index < -0.39 is 33.4 Å². The number of carbonyl (C=O) groups excluding carboxylic acids is 2. The zero-order valence-electron chi connectivity index (χ0n) is 14.8. The van der Waals surface area contributed by atoms with Crippen molar-refractivity contribution in [2.75, 3.05) is 16.6 Å². The molecule has 0 unspecified atom stereocenters. The van der Waals surface area contributed by atoms with Crippen LogP contribution in [0.1, 0.15) is 10.4 Å². The van der Waals surface area contributed by atoms with Crippen molar-refractivity contribution in [3.05, 3.63) is 63.7 Å². The molecule has 0 aliphatic carbocycles. The Morgan fingerprint density at radius 3 is 2.53 bits per heavy atom. The molecule has 156 valence electrons. The quantitative estimate of drug-likeness (QED) is 0.290. The number of nitrogens with one attached hydrogen (secondary N) is 2. The molecule has 0 fully saturated rings. The first kappa shape index (κ1) is 21.4. The number of anilines is 2. The first-order valence-electron chi connectivity index (χ1n) is 7.98. The van der Waals surface area contributed by atoms with Crippen molar-refractivity contribution < 1.29 is 27.7 Å². The zero-order valence-corrected chi connectivity index (χ0v) is 17.3. The van der Waals surface area contributed by atoms with Crippen molar-refractivity contribution in [1.29, 1.82) is 0 Å². The number of thiophene rings is 1. The predicted molar refractivity (Wildman–Crippen MR) is 109 cm³/mol. The number of nitro groups is 1. The molecule has 0 bridgehead atoms. The van der Waals surface area contributed by atoms with Crippen molar-refractivity contribution in [3.63, 3.8) is 0 Å². The van der Waals surface area contributed by atoms with Crippen LogP contribution < -0.4 is 10.0 Å². The highest BCUT2D eigenvalue weighted by atomic mass is 32.2. The second-order valence-corrected chi connectivity index (χ2v) is 9.37. The lowest BCUT2D eigenvalue weighted by Crippen LogP contribution is -2.20. The van der Waals surface area contributed by atoms with Crippen molar-refractivity contribution >= 4 is 60.4 Å². The van der Waals surface area contributed by atoms with E-state index in [1.807, 2.05) is 0 Å². The smallest absolute Gasteiger partial charge is 0.345 e. The summed E-state index contributed by atoms with van der Waals surface area (Å²) in [4.78, 5) is 37.4. The molecule has 1 amide bonds. The number of esters is 1. The molecule has 0 saturated carbocycles. The number of hydrogen-bond acceptors (Lipinski definition) is 10. The average molecular weight is 468 g/mol. The van der Waals surface area contributed by atoms with Gasteiger partial charge < -0.3 is 4.74 Å². The van der Waals surface area contributed by atoms with Crippen LogP contribution in [0.15, 0.2) is 52.2 Å². The van der Waals surface area contributed by atoms with Gasteiger partial charge in [-0.15, -0.1) is 11.3 Å². The fourth-order valence-electron chi connectivity index (χ4n) is 2.07. The van der Waals surface area contributed by atoms with Gasteiger partial charge in [0.15, 0.2) is 11.7 Å². The summed E-state index contributed by atoms with van der Waals surface area (Å²) >= 11 is 1.74. The minimum absolute atomic E-state index is 0.00475. The maximum absolute atomic E-state index is 12.2. The molecule has 2 N–H and O–H groups in total. The van der Waals surface area contributed by atoms with Gasteiger partial charge in [0.05, 0.1) is 10.5 Å². The predicted octanol–water partition coefficient (Wildman–Crippen LogP) is 2.71. The van der Waals surface area contributed by atoms with Crippen LogP contribution in [0.25, 0.3) is 0 Å². The second-order valence-electron chi connectivity index (χ2n) is 5.50. The van der Waals surface area contributed by atoms with Crippen LogP contribution in [0.4, 0.5) is 15.8 Å². The molecule has 1 aromatic carbocycles. The van der Waals surface area contributed by atoms with Gasteiger partial charge in [-0.1, -0.05) is 6.07 Å². The number of ether oxygens (including phenoxy) is 1. The third-order valence-corrected chi connectivity index (χ3v) is 7.03. The van der Waals surface area contributed by atoms with E-state index in [9.17, 15) is 28.1 Å². The van der Waals surface area contributed by atoms with Gasteiger partial charge in [-0.25, -0.2) is 18.2 Å². The van der Waals surface area contributed by atoms with Gasteiger partial charge in [0, 0.05) is 5.69 Å². The molecule has 11 nitrogen and oxygen atoms in total. The van der Waals surface area contributed by atoms with Gasteiger partial charge in [-0.3, -0.25) is 24.9 Å². The van der Waals surface area contributed by atoms with Crippen molar-refractivity contribution in [2.24, 2.45) is 0 Å². The third-order valence-electron chi connectivity index (χ3n) is 3.39. The molecule has 30 heavy (non-hydrogen) atoms. The highest BCUT2D eigenvalue weighted by Gasteiger charge is 2.17.